The third-order valence-corrected chi connectivity index (χ3v) is 14.3. The zero-order valence-electron chi connectivity index (χ0n) is 45.5. The molecule has 18 nitrogen and oxygen atoms in total. The number of alkyl halides is 6. The summed E-state index contributed by atoms with van der Waals surface area (Å²) in [5.74, 6) is 2.45. The van der Waals surface area contributed by atoms with Crippen molar-refractivity contribution in [3.05, 3.63) is 184 Å². The van der Waals surface area contributed by atoms with Crippen LogP contribution in [0.2, 0.25) is 0 Å². The SMILES string of the molecule is COc1ccc(COCC2OCC(n3cnc4cc(C(F)(F)F)ccc43)[C@@H](O[C@@H]3OC(COCc4ccc(OC)cc4)[C@H](OCc4ccc(OC)cc4)[C@H](OCc4ccc(OC)cc4)C3Nc3ccc(C(F)(F)F)cc3N)[C@H]2N=[N+]=[N-])cc1. The number of nitrogens with one attached hydrogen (secondary N) is 1. The third kappa shape index (κ3) is 14.9. The first-order valence-corrected chi connectivity index (χ1v) is 26.2. The van der Waals surface area contributed by atoms with Crippen molar-refractivity contribution < 1.29 is 78.4 Å². The number of imidazole rings is 1. The summed E-state index contributed by atoms with van der Waals surface area (Å²) < 4.78 is 155. The van der Waals surface area contributed by atoms with Crippen LogP contribution in [0.15, 0.2) is 145 Å². The van der Waals surface area contributed by atoms with E-state index in [-0.39, 0.29) is 68.7 Å². The predicted octanol–water partition coefficient (Wildman–Crippen LogP) is 11.5. The van der Waals surface area contributed by atoms with Gasteiger partial charge in [0, 0.05) is 4.91 Å². The molecule has 440 valence electrons. The number of benzene rings is 6. The number of hydrogen-bond acceptors (Lipinski definition) is 15. The molecule has 2 fully saturated rings. The monoisotopic (exact) mass is 1160 g/mol. The van der Waals surface area contributed by atoms with Crippen LogP contribution in [0.3, 0.4) is 0 Å². The Morgan fingerprint density at radius 2 is 1.11 bits per heavy atom. The molecule has 0 saturated carbocycles. The molecule has 0 spiro atoms. The van der Waals surface area contributed by atoms with Crippen LogP contribution in [0.5, 0.6) is 23.0 Å². The first-order chi connectivity index (χ1) is 40.0. The van der Waals surface area contributed by atoms with Crippen molar-refractivity contribution in [1.29, 1.82) is 0 Å². The zero-order valence-corrected chi connectivity index (χ0v) is 45.5. The number of halogens is 6. The number of aromatic nitrogens is 2. The van der Waals surface area contributed by atoms with Crippen LogP contribution in [0, 0.1) is 0 Å². The van der Waals surface area contributed by atoms with E-state index in [0.29, 0.717) is 28.6 Å². The molecular formula is C59H61F6N7O11. The van der Waals surface area contributed by atoms with Gasteiger partial charge in [0.2, 0.25) is 0 Å². The van der Waals surface area contributed by atoms with Crippen molar-refractivity contribution in [2.45, 2.75) is 93.7 Å². The fourth-order valence-corrected chi connectivity index (χ4v) is 9.85. The topological polar surface area (TPSA) is 206 Å². The average molecular weight is 1160 g/mol. The van der Waals surface area contributed by atoms with Crippen molar-refractivity contribution >= 4 is 22.4 Å². The molecule has 24 heteroatoms. The van der Waals surface area contributed by atoms with E-state index in [9.17, 15) is 31.9 Å². The Hall–Kier alpha value is -7.80. The molecule has 9 rings (SSSR count). The summed E-state index contributed by atoms with van der Waals surface area (Å²) in [5.41, 5.74) is 17.9. The van der Waals surface area contributed by atoms with Gasteiger partial charge in [-0.15, -0.1) is 0 Å². The smallest absolute Gasteiger partial charge is 0.416 e. The molecule has 0 radical (unpaired) electrons. The number of rotatable bonds is 24. The number of nitrogens with two attached hydrogens (primary N) is 1. The quantitative estimate of drug-likeness (QED) is 0.0190. The maximum Gasteiger partial charge on any atom is 0.416 e. The van der Waals surface area contributed by atoms with Gasteiger partial charge < -0.3 is 67.7 Å². The number of hydrogen-bond donors (Lipinski definition) is 2. The molecule has 2 saturated heterocycles. The molecule has 0 amide bonds. The van der Waals surface area contributed by atoms with E-state index in [1.807, 2.05) is 36.4 Å². The number of ether oxygens (including phenoxy) is 11. The molecular weight excluding hydrogens is 1100 g/mol. The maximum absolute atomic E-state index is 14.2. The number of anilines is 2. The van der Waals surface area contributed by atoms with E-state index in [4.69, 9.17) is 57.8 Å². The maximum atomic E-state index is 14.2. The second kappa shape index (κ2) is 27.1. The summed E-state index contributed by atoms with van der Waals surface area (Å²) in [6.45, 7) is -0.396. The molecule has 3 N–H and O–H groups in total. The number of methoxy groups -OCH3 is 4. The van der Waals surface area contributed by atoms with Crippen molar-refractivity contribution in [3.63, 3.8) is 0 Å². The first kappa shape index (κ1) is 59.8. The van der Waals surface area contributed by atoms with Crippen LogP contribution >= 0.6 is 0 Å². The molecule has 9 atom stereocenters. The van der Waals surface area contributed by atoms with E-state index in [2.05, 4.69) is 20.3 Å². The van der Waals surface area contributed by atoms with E-state index in [1.54, 1.807) is 86.6 Å². The summed E-state index contributed by atoms with van der Waals surface area (Å²) in [6, 6.07) is 31.1. The lowest BCUT2D eigenvalue weighted by atomic mass is 9.93. The van der Waals surface area contributed by atoms with E-state index in [0.717, 1.165) is 41.0 Å². The molecule has 2 aliphatic heterocycles. The van der Waals surface area contributed by atoms with Gasteiger partial charge in [0.25, 0.3) is 0 Å². The molecule has 3 heterocycles. The zero-order chi connectivity index (χ0) is 58.7. The number of azide groups is 1. The van der Waals surface area contributed by atoms with Crippen molar-refractivity contribution in [2.24, 2.45) is 5.11 Å². The minimum atomic E-state index is -4.75. The van der Waals surface area contributed by atoms with Gasteiger partial charge in [-0.2, -0.15) is 26.3 Å². The van der Waals surface area contributed by atoms with Gasteiger partial charge in [-0.1, -0.05) is 53.6 Å². The summed E-state index contributed by atoms with van der Waals surface area (Å²) in [7, 11) is 6.18. The molecule has 6 aromatic carbocycles. The first-order valence-electron chi connectivity index (χ1n) is 26.2. The Labute approximate surface area is 473 Å². The molecule has 0 aliphatic carbocycles. The molecule has 1 aromatic heterocycles. The van der Waals surface area contributed by atoms with Crippen molar-refractivity contribution in [2.75, 3.05) is 59.3 Å². The lowest BCUT2D eigenvalue weighted by molar-refractivity contribution is -0.304. The lowest BCUT2D eigenvalue weighted by Gasteiger charge is -2.49. The van der Waals surface area contributed by atoms with Crippen LogP contribution < -0.4 is 30.0 Å². The van der Waals surface area contributed by atoms with Crippen LogP contribution in [-0.4, -0.2) is 107 Å². The van der Waals surface area contributed by atoms with E-state index >= 15 is 0 Å². The number of fused-ring (bicyclic) bond motifs is 1. The highest BCUT2D eigenvalue weighted by Gasteiger charge is 2.52. The summed E-state index contributed by atoms with van der Waals surface area (Å²) in [5, 5.41) is 7.57. The Balaban J connectivity index is 1.16. The van der Waals surface area contributed by atoms with Gasteiger partial charge in [-0.05, 0) is 113 Å². The number of nitrogen functional groups attached to an aromatic ring is 1. The highest BCUT2D eigenvalue weighted by atomic mass is 19.4. The van der Waals surface area contributed by atoms with E-state index in [1.165, 1.54) is 25.6 Å². The highest BCUT2D eigenvalue weighted by Crippen LogP contribution is 2.40. The molecule has 0 bridgehead atoms. The van der Waals surface area contributed by atoms with Gasteiger partial charge in [-0.25, -0.2) is 4.98 Å². The summed E-state index contributed by atoms with van der Waals surface area (Å²) in [4.78, 5) is 7.60. The largest absolute Gasteiger partial charge is 0.497 e. The van der Waals surface area contributed by atoms with Gasteiger partial charge in [-0.3, -0.25) is 0 Å². The highest BCUT2D eigenvalue weighted by molar-refractivity contribution is 5.76. The second-order valence-corrected chi connectivity index (χ2v) is 19.6. The van der Waals surface area contributed by atoms with Crippen LogP contribution in [0.25, 0.3) is 21.5 Å². The predicted molar refractivity (Wildman–Crippen MR) is 292 cm³/mol. The van der Waals surface area contributed by atoms with E-state index < -0.39 is 78.4 Å². The standard InChI is InChI=1S/C59H61F6N7O11/c1-73-41-15-5-35(6-16-41)27-77-32-50-52(70-71-67)54(49(31-79-50)72-34-68-47-26-40(59(63,64)65)14-24-48(47)72)83-57-53(69-46-23-13-39(25-45(46)66)58(60,61)62)56(81-30-38-11-21-44(76-4)22-12-38)55(80-29-37-9-19-43(75-3)20-10-37)51(82-57)33-78-28-36-7-17-42(74-2)18-8-36/h5-26,34,49-57,69H,27-33,66H2,1-4H3/t49?,50?,51?,52-,53?,54+,55-,56+,57-/m0/s1. The molecule has 2 aliphatic rings. The number of nitrogens with zero attached hydrogens (tertiary/aromatic N) is 5. The minimum Gasteiger partial charge on any atom is -0.497 e. The fourth-order valence-electron chi connectivity index (χ4n) is 9.85. The Bertz CT molecular complexity index is 3260. The minimum absolute atomic E-state index is 0.00647. The summed E-state index contributed by atoms with van der Waals surface area (Å²) in [6.07, 6.45) is -15.3. The van der Waals surface area contributed by atoms with Gasteiger partial charge in [0.15, 0.2) is 6.29 Å². The lowest BCUT2D eigenvalue weighted by Crippen LogP contribution is -2.65. The summed E-state index contributed by atoms with van der Waals surface area (Å²) >= 11 is 0. The average Bonchev–Trinajstić information content (AvgIpc) is 3.28. The van der Waals surface area contributed by atoms with Crippen LogP contribution in [-0.2, 0) is 71.9 Å². The fraction of sp³-hybridized carbons (Fsp3) is 0.373. The van der Waals surface area contributed by atoms with Crippen LogP contribution in [0.1, 0.15) is 39.4 Å². The Kier molecular flexibility index (Phi) is 19.5. The second-order valence-electron chi connectivity index (χ2n) is 19.6. The third-order valence-electron chi connectivity index (χ3n) is 14.3. The molecule has 4 unspecified atom stereocenters. The molecule has 83 heavy (non-hydrogen) atoms. The Morgan fingerprint density at radius 3 is 1.60 bits per heavy atom. The van der Waals surface area contributed by atoms with Gasteiger partial charge >= 0.3 is 12.4 Å². The van der Waals surface area contributed by atoms with Crippen molar-refractivity contribution in [1.82, 2.24) is 9.55 Å². The van der Waals surface area contributed by atoms with Crippen LogP contribution in [0.4, 0.5) is 37.7 Å². The Morgan fingerprint density at radius 1 is 0.627 bits per heavy atom. The molecule has 7 aromatic rings. The van der Waals surface area contributed by atoms with Gasteiger partial charge in [0.05, 0.1) is 139 Å². The normalized spacial score (nSPS) is 21.9. The van der Waals surface area contributed by atoms with Crippen molar-refractivity contribution in [3.8, 4) is 23.0 Å². The van der Waals surface area contributed by atoms with Gasteiger partial charge in [0.1, 0.15) is 47.4 Å².